The molecular formula is C39H42F2O10. The summed E-state index contributed by atoms with van der Waals surface area (Å²) in [6.45, 7) is 0.342. The minimum absolute atomic E-state index is 0.0931. The molecule has 1 saturated heterocycles. The number of alkyl halides is 2. The maximum atomic E-state index is 13.9. The fraction of sp³-hybridized carbons (Fsp3) is 0.769. The summed E-state index contributed by atoms with van der Waals surface area (Å²) in [7, 11) is 0. The zero-order valence-electron chi connectivity index (χ0n) is 28.6. The van der Waals surface area contributed by atoms with Gasteiger partial charge in [0.2, 0.25) is 5.79 Å². The molecule has 0 N–H and O–H groups in total. The van der Waals surface area contributed by atoms with Crippen molar-refractivity contribution < 1.29 is 56.4 Å². The highest BCUT2D eigenvalue weighted by molar-refractivity contribution is 5.90. The van der Waals surface area contributed by atoms with Crippen LogP contribution in [0.2, 0.25) is 0 Å². The van der Waals surface area contributed by atoms with E-state index in [0.29, 0.717) is 76.5 Å². The lowest BCUT2D eigenvalue weighted by molar-refractivity contribution is -0.309. The maximum absolute atomic E-state index is 13.9. The van der Waals surface area contributed by atoms with Crippen LogP contribution in [0.5, 0.6) is 0 Å². The van der Waals surface area contributed by atoms with Crippen molar-refractivity contribution in [2.24, 2.45) is 63.6 Å². The second kappa shape index (κ2) is 9.49. The molecule has 0 radical (unpaired) electrons. The van der Waals surface area contributed by atoms with Gasteiger partial charge in [-0.3, -0.25) is 19.2 Å². The van der Waals surface area contributed by atoms with Crippen LogP contribution in [0.4, 0.5) is 8.78 Å². The molecule has 13 aliphatic rings. The van der Waals surface area contributed by atoms with E-state index in [-0.39, 0.29) is 76.8 Å². The van der Waals surface area contributed by atoms with Gasteiger partial charge in [-0.25, -0.2) is 4.79 Å². The second-order valence-electron chi connectivity index (χ2n) is 18.8. The SMILES string of the molecule is CC(F)(F)C(=O)OC12C=C3C4(O/C(=C/OC(=O)C56CC7CC(C5)C(=O)C(C7)C6)C(COC(=O)C56CC7CC(C5)C(=O)C(C7)C6)O4)C4CC(C1)C34C2. The fourth-order valence-electron chi connectivity index (χ4n) is 14.3. The van der Waals surface area contributed by atoms with E-state index in [1.807, 2.05) is 0 Å². The van der Waals surface area contributed by atoms with Crippen LogP contribution in [-0.4, -0.2) is 59.5 Å². The lowest BCUT2D eigenvalue weighted by Gasteiger charge is -2.69. The van der Waals surface area contributed by atoms with Crippen molar-refractivity contribution in [3.8, 4) is 0 Å². The zero-order chi connectivity index (χ0) is 35.1. The van der Waals surface area contributed by atoms with Gasteiger partial charge >= 0.3 is 23.8 Å². The lowest BCUT2D eigenvalue weighted by atomic mass is 9.38. The average molecular weight is 709 g/mol. The minimum Gasteiger partial charge on any atom is -0.462 e. The van der Waals surface area contributed by atoms with Crippen LogP contribution >= 0.6 is 0 Å². The Hall–Kier alpha value is -3.15. The molecule has 12 fully saturated rings. The summed E-state index contributed by atoms with van der Waals surface area (Å²) in [5, 5.41) is 0. The Morgan fingerprint density at radius 3 is 2.04 bits per heavy atom. The molecule has 12 aliphatic carbocycles. The highest BCUT2D eigenvalue weighted by atomic mass is 19.3. The molecule has 272 valence electrons. The number of halogens is 2. The number of hydrogen-bond acceptors (Lipinski definition) is 10. The Morgan fingerprint density at radius 2 is 1.45 bits per heavy atom. The Balaban J connectivity index is 0.874. The third-order valence-corrected chi connectivity index (χ3v) is 15.9. The highest BCUT2D eigenvalue weighted by Gasteiger charge is 2.87. The topological polar surface area (TPSA) is 132 Å². The first kappa shape index (κ1) is 31.4. The monoisotopic (exact) mass is 708 g/mol. The van der Waals surface area contributed by atoms with Crippen LogP contribution in [0.15, 0.2) is 23.7 Å². The first-order valence-corrected chi connectivity index (χ1v) is 19.0. The van der Waals surface area contributed by atoms with Crippen molar-refractivity contribution in [2.45, 2.75) is 114 Å². The van der Waals surface area contributed by atoms with Crippen LogP contribution in [0.25, 0.3) is 0 Å². The summed E-state index contributed by atoms with van der Waals surface area (Å²) < 4.78 is 58.7. The third-order valence-electron chi connectivity index (χ3n) is 15.9. The van der Waals surface area contributed by atoms with Crippen molar-refractivity contribution in [3.05, 3.63) is 23.7 Å². The number of carbonyl (C=O) groups is 5. The fourth-order valence-corrected chi connectivity index (χ4v) is 14.3. The molecule has 10 bridgehead atoms. The van der Waals surface area contributed by atoms with Crippen molar-refractivity contribution in [2.75, 3.05) is 6.61 Å². The second-order valence-corrected chi connectivity index (χ2v) is 18.8. The zero-order valence-corrected chi connectivity index (χ0v) is 28.6. The van der Waals surface area contributed by atoms with Gasteiger partial charge in [0.1, 0.15) is 30.0 Å². The van der Waals surface area contributed by atoms with E-state index in [0.717, 1.165) is 31.3 Å². The number of ether oxygens (including phenoxy) is 5. The molecule has 1 aliphatic heterocycles. The molecule has 0 aromatic heterocycles. The predicted molar refractivity (Wildman–Crippen MR) is 167 cm³/mol. The molecule has 1 heterocycles. The van der Waals surface area contributed by atoms with Gasteiger partial charge in [0.25, 0.3) is 0 Å². The average Bonchev–Trinajstić information content (AvgIpc) is 3.70. The van der Waals surface area contributed by atoms with Crippen LogP contribution < -0.4 is 0 Å². The van der Waals surface area contributed by atoms with Crippen molar-refractivity contribution in [1.29, 1.82) is 0 Å². The lowest BCUT2D eigenvalue weighted by Crippen LogP contribution is -2.72. The number of hydrogen-bond donors (Lipinski definition) is 0. The molecule has 0 aromatic carbocycles. The standard InChI is InChI=1S/C39H42F2O10/c1-34(40,41)31(44)51-37-13-24-6-27-38(24,17-37)28(14-37)39(27)49-25(15-47-32(45)35-7-18-2-20(9-35)29(42)21(3-18)10-35)26(50-39)16-48-33(46)36-8-19-4-22(11-36)30(43)23(5-19)12-36/h14-15,18-24,26-27H,2-13,16-17H2,1H3/b25-15+. The van der Waals surface area contributed by atoms with Crippen LogP contribution in [0.1, 0.15) is 90.4 Å². The summed E-state index contributed by atoms with van der Waals surface area (Å²) in [5.74, 6) is -6.18. The number of carbonyl (C=O) groups excluding carboxylic acids is 5. The number of esters is 3. The molecule has 2 spiro atoms. The maximum Gasteiger partial charge on any atom is 0.377 e. The van der Waals surface area contributed by atoms with Crippen LogP contribution in [0.3, 0.4) is 0 Å². The molecule has 10 atom stereocenters. The predicted octanol–water partition coefficient (Wildman–Crippen LogP) is 5.12. The molecule has 11 saturated carbocycles. The number of ketones is 2. The molecule has 10 nitrogen and oxygen atoms in total. The molecule has 0 amide bonds. The molecule has 13 rings (SSSR count). The van der Waals surface area contributed by atoms with Gasteiger partial charge in [0.15, 0.2) is 11.9 Å². The quantitative estimate of drug-likeness (QED) is 0.152. The van der Waals surface area contributed by atoms with Gasteiger partial charge in [0, 0.05) is 53.9 Å². The van der Waals surface area contributed by atoms with E-state index in [1.54, 1.807) is 6.08 Å². The summed E-state index contributed by atoms with van der Waals surface area (Å²) in [4.78, 5) is 65.6. The van der Waals surface area contributed by atoms with Gasteiger partial charge in [-0.1, -0.05) is 0 Å². The van der Waals surface area contributed by atoms with Crippen molar-refractivity contribution in [3.63, 3.8) is 0 Å². The summed E-state index contributed by atoms with van der Waals surface area (Å²) in [6.07, 6.45) is 10.4. The van der Waals surface area contributed by atoms with E-state index in [2.05, 4.69) is 0 Å². The van der Waals surface area contributed by atoms with E-state index >= 15 is 0 Å². The summed E-state index contributed by atoms with van der Waals surface area (Å²) >= 11 is 0. The first-order chi connectivity index (χ1) is 24.2. The van der Waals surface area contributed by atoms with Gasteiger partial charge in [0.05, 0.1) is 10.8 Å². The largest absolute Gasteiger partial charge is 0.462 e. The Bertz CT molecular complexity index is 1760. The number of Topliss-reactive ketones (excluding diaryl/α,β-unsaturated/α-hetero) is 2. The van der Waals surface area contributed by atoms with Gasteiger partial charge in [-0.05, 0) is 101 Å². The third kappa shape index (κ3) is 3.88. The summed E-state index contributed by atoms with van der Waals surface area (Å²) in [5.41, 5.74) is -2.22. The van der Waals surface area contributed by atoms with E-state index < -0.39 is 40.2 Å². The van der Waals surface area contributed by atoms with Crippen LogP contribution in [0, 0.1) is 63.6 Å². The molecule has 10 unspecified atom stereocenters. The highest BCUT2D eigenvalue weighted by Crippen LogP contribution is 2.85. The smallest absolute Gasteiger partial charge is 0.377 e. The van der Waals surface area contributed by atoms with E-state index in [1.165, 1.54) is 6.26 Å². The number of fused-ring (bicyclic) bond motifs is 3. The van der Waals surface area contributed by atoms with Crippen molar-refractivity contribution in [1.82, 2.24) is 0 Å². The summed E-state index contributed by atoms with van der Waals surface area (Å²) in [6, 6.07) is 0. The Morgan fingerprint density at radius 1 is 0.863 bits per heavy atom. The van der Waals surface area contributed by atoms with E-state index in [9.17, 15) is 32.8 Å². The first-order valence-electron chi connectivity index (χ1n) is 19.0. The molecule has 51 heavy (non-hydrogen) atoms. The van der Waals surface area contributed by atoms with Gasteiger partial charge in [-0.15, -0.1) is 0 Å². The van der Waals surface area contributed by atoms with Gasteiger partial charge < -0.3 is 23.7 Å². The Kier molecular flexibility index (Phi) is 5.84. The molecule has 0 aromatic rings. The molecular weight excluding hydrogens is 666 g/mol. The Labute approximate surface area is 293 Å². The van der Waals surface area contributed by atoms with E-state index in [4.69, 9.17) is 23.7 Å². The molecule has 12 heteroatoms. The minimum atomic E-state index is -3.63. The van der Waals surface area contributed by atoms with Crippen LogP contribution in [-0.2, 0) is 47.7 Å². The normalized spacial score (nSPS) is 52.0. The van der Waals surface area contributed by atoms with Gasteiger partial charge in [-0.2, -0.15) is 8.78 Å². The number of rotatable bonds is 7. The van der Waals surface area contributed by atoms with Crippen molar-refractivity contribution >= 4 is 29.5 Å².